The summed E-state index contributed by atoms with van der Waals surface area (Å²) < 4.78 is 1.79. The fourth-order valence-corrected chi connectivity index (χ4v) is 2.90. The van der Waals surface area contributed by atoms with E-state index in [1.165, 1.54) is 0 Å². The molecule has 0 fully saturated rings. The van der Waals surface area contributed by atoms with E-state index in [9.17, 15) is 4.79 Å². The Kier molecular flexibility index (Phi) is 4.96. The Labute approximate surface area is 141 Å². The van der Waals surface area contributed by atoms with Gasteiger partial charge in [-0.3, -0.25) is 14.4 Å². The van der Waals surface area contributed by atoms with E-state index in [1.54, 1.807) is 4.68 Å². The van der Waals surface area contributed by atoms with E-state index in [4.69, 9.17) is 5.73 Å². The van der Waals surface area contributed by atoms with E-state index in [2.05, 4.69) is 15.3 Å². The monoisotopic (exact) mass is 325 g/mol. The van der Waals surface area contributed by atoms with E-state index in [0.29, 0.717) is 30.8 Å². The van der Waals surface area contributed by atoms with Gasteiger partial charge < -0.3 is 11.1 Å². The van der Waals surface area contributed by atoms with E-state index in [0.717, 1.165) is 24.3 Å². The molecule has 0 unspecified atom stereocenters. The molecule has 0 radical (unpaired) electrons. The number of nitrogens with zero attached hydrogens (tertiary/aromatic N) is 3. The summed E-state index contributed by atoms with van der Waals surface area (Å²) in [6.45, 7) is 2.69. The standard InChI is InChI=1S/C18H23N5O/c1-22-9-7-15(21-22)12-23-10-8-16(17(19)13-23)18(24)20-11-14-5-3-2-4-6-14/h2-7,9H,8,10-13,19H2,1H3,(H,20,24). The lowest BCUT2D eigenvalue weighted by molar-refractivity contribution is -0.118. The van der Waals surface area contributed by atoms with Gasteiger partial charge in [0.25, 0.3) is 0 Å². The Balaban J connectivity index is 1.56. The molecule has 3 N–H and O–H groups in total. The summed E-state index contributed by atoms with van der Waals surface area (Å²) in [6.07, 6.45) is 2.60. The van der Waals surface area contributed by atoms with Crippen molar-refractivity contribution >= 4 is 5.91 Å². The molecular formula is C18H23N5O. The van der Waals surface area contributed by atoms with Gasteiger partial charge in [-0.1, -0.05) is 30.3 Å². The van der Waals surface area contributed by atoms with Gasteiger partial charge >= 0.3 is 0 Å². The van der Waals surface area contributed by atoms with Crippen LogP contribution in [0.15, 0.2) is 53.9 Å². The number of aromatic nitrogens is 2. The topological polar surface area (TPSA) is 76.2 Å². The molecule has 2 heterocycles. The summed E-state index contributed by atoms with van der Waals surface area (Å²) in [6, 6.07) is 11.9. The number of rotatable bonds is 5. The predicted molar refractivity (Wildman–Crippen MR) is 92.6 cm³/mol. The highest BCUT2D eigenvalue weighted by atomic mass is 16.1. The zero-order valence-electron chi connectivity index (χ0n) is 13.9. The summed E-state index contributed by atoms with van der Waals surface area (Å²) in [5.74, 6) is -0.0613. The average molecular weight is 325 g/mol. The lowest BCUT2D eigenvalue weighted by atomic mass is 10.0. The second-order valence-corrected chi connectivity index (χ2v) is 6.11. The van der Waals surface area contributed by atoms with Crippen molar-refractivity contribution in [1.29, 1.82) is 0 Å². The maximum Gasteiger partial charge on any atom is 0.249 e. The smallest absolute Gasteiger partial charge is 0.249 e. The maximum absolute atomic E-state index is 12.4. The molecule has 126 valence electrons. The molecule has 24 heavy (non-hydrogen) atoms. The van der Waals surface area contributed by atoms with Gasteiger partial charge in [0.2, 0.25) is 5.91 Å². The van der Waals surface area contributed by atoms with Crippen molar-refractivity contribution in [2.24, 2.45) is 12.8 Å². The summed E-state index contributed by atoms with van der Waals surface area (Å²) in [5.41, 5.74) is 9.61. The van der Waals surface area contributed by atoms with Crippen LogP contribution >= 0.6 is 0 Å². The minimum atomic E-state index is -0.0613. The van der Waals surface area contributed by atoms with Crippen molar-refractivity contribution < 1.29 is 4.79 Å². The third-order valence-electron chi connectivity index (χ3n) is 4.18. The van der Waals surface area contributed by atoms with E-state index < -0.39 is 0 Å². The predicted octanol–water partition coefficient (Wildman–Crippen LogP) is 1.16. The Bertz CT molecular complexity index is 735. The van der Waals surface area contributed by atoms with Gasteiger partial charge in [0.1, 0.15) is 0 Å². The SMILES string of the molecule is Cn1ccc(CN2CCC(C(=O)NCc3ccccc3)=C(N)C2)n1. The second-order valence-electron chi connectivity index (χ2n) is 6.11. The van der Waals surface area contributed by atoms with Crippen molar-refractivity contribution in [2.75, 3.05) is 13.1 Å². The molecule has 1 aromatic carbocycles. The summed E-state index contributed by atoms with van der Waals surface area (Å²) in [4.78, 5) is 14.6. The van der Waals surface area contributed by atoms with E-state index in [1.807, 2.05) is 49.6 Å². The first-order chi connectivity index (χ1) is 11.6. The lowest BCUT2D eigenvalue weighted by Crippen LogP contribution is -2.38. The highest BCUT2D eigenvalue weighted by molar-refractivity contribution is 5.94. The summed E-state index contributed by atoms with van der Waals surface area (Å²) >= 11 is 0. The highest BCUT2D eigenvalue weighted by Crippen LogP contribution is 2.17. The summed E-state index contributed by atoms with van der Waals surface area (Å²) in [7, 11) is 1.91. The van der Waals surface area contributed by atoms with Gasteiger partial charge in [-0.15, -0.1) is 0 Å². The molecule has 1 aliphatic rings. The molecule has 0 bridgehead atoms. The largest absolute Gasteiger partial charge is 0.401 e. The third-order valence-corrected chi connectivity index (χ3v) is 4.18. The molecule has 1 amide bonds. The molecule has 0 aliphatic carbocycles. The van der Waals surface area contributed by atoms with Crippen LogP contribution in [-0.4, -0.2) is 33.7 Å². The van der Waals surface area contributed by atoms with Crippen LogP contribution in [0.25, 0.3) is 0 Å². The number of benzene rings is 1. The van der Waals surface area contributed by atoms with Gasteiger partial charge in [-0.05, 0) is 18.1 Å². The Morgan fingerprint density at radius 2 is 2.08 bits per heavy atom. The van der Waals surface area contributed by atoms with Gasteiger partial charge in [0, 0.05) is 50.7 Å². The number of carbonyl (C=O) groups is 1. The first-order valence-corrected chi connectivity index (χ1v) is 8.12. The maximum atomic E-state index is 12.4. The number of amides is 1. The molecule has 1 aliphatic heterocycles. The van der Waals surface area contributed by atoms with Gasteiger partial charge in [0.05, 0.1) is 5.69 Å². The summed E-state index contributed by atoms with van der Waals surface area (Å²) in [5, 5.41) is 7.34. The van der Waals surface area contributed by atoms with Crippen molar-refractivity contribution in [2.45, 2.75) is 19.5 Å². The molecule has 0 spiro atoms. The van der Waals surface area contributed by atoms with Crippen molar-refractivity contribution in [3.8, 4) is 0 Å². The third kappa shape index (κ3) is 4.02. The quantitative estimate of drug-likeness (QED) is 0.865. The number of hydrogen-bond acceptors (Lipinski definition) is 4. The Hall–Kier alpha value is -2.60. The van der Waals surface area contributed by atoms with Crippen molar-refractivity contribution in [1.82, 2.24) is 20.0 Å². The van der Waals surface area contributed by atoms with Crippen molar-refractivity contribution in [3.63, 3.8) is 0 Å². The number of nitrogens with two attached hydrogens (primary N) is 1. The van der Waals surface area contributed by atoms with Crippen molar-refractivity contribution in [3.05, 3.63) is 65.1 Å². The first-order valence-electron chi connectivity index (χ1n) is 8.12. The average Bonchev–Trinajstić information content (AvgIpc) is 2.98. The van der Waals surface area contributed by atoms with Gasteiger partial charge in [-0.25, -0.2) is 0 Å². The molecule has 6 heteroatoms. The number of aryl methyl sites for hydroxylation is 1. The number of hydrogen-bond donors (Lipinski definition) is 2. The van der Waals surface area contributed by atoms with Crippen LogP contribution in [0, 0.1) is 0 Å². The zero-order chi connectivity index (χ0) is 16.9. The van der Waals surface area contributed by atoms with Crippen LogP contribution in [0.3, 0.4) is 0 Å². The van der Waals surface area contributed by atoms with E-state index >= 15 is 0 Å². The van der Waals surface area contributed by atoms with Gasteiger partial charge in [0.15, 0.2) is 0 Å². The van der Waals surface area contributed by atoms with E-state index in [-0.39, 0.29) is 5.91 Å². The molecule has 2 aromatic rings. The second kappa shape index (κ2) is 7.31. The molecule has 0 saturated heterocycles. The fraction of sp³-hybridized carbons (Fsp3) is 0.333. The van der Waals surface area contributed by atoms with Crippen LogP contribution in [0.5, 0.6) is 0 Å². The lowest BCUT2D eigenvalue weighted by Gasteiger charge is -2.28. The fourth-order valence-electron chi connectivity index (χ4n) is 2.90. The van der Waals surface area contributed by atoms with Crippen LogP contribution in [0.4, 0.5) is 0 Å². The Morgan fingerprint density at radius 1 is 1.29 bits per heavy atom. The molecule has 0 saturated carbocycles. The zero-order valence-corrected chi connectivity index (χ0v) is 13.9. The van der Waals surface area contributed by atoms with Crippen LogP contribution in [0.1, 0.15) is 17.7 Å². The highest BCUT2D eigenvalue weighted by Gasteiger charge is 2.22. The van der Waals surface area contributed by atoms with Gasteiger partial charge in [-0.2, -0.15) is 5.10 Å². The minimum absolute atomic E-state index is 0.0613. The molecular weight excluding hydrogens is 302 g/mol. The number of nitrogens with one attached hydrogen (secondary N) is 1. The molecule has 3 rings (SSSR count). The number of carbonyl (C=O) groups excluding carboxylic acids is 1. The normalized spacial score (nSPS) is 15.5. The first kappa shape index (κ1) is 16.3. The van der Waals surface area contributed by atoms with Crippen LogP contribution in [-0.2, 0) is 24.9 Å². The molecule has 1 aromatic heterocycles. The van der Waals surface area contributed by atoms with Crippen LogP contribution < -0.4 is 11.1 Å². The molecule has 6 nitrogen and oxygen atoms in total. The Morgan fingerprint density at radius 3 is 2.75 bits per heavy atom. The van der Waals surface area contributed by atoms with Crippen LogP contribution in [0.2, 0.25) is 0 Å². The molecule has 0 atom stereocenters. The minimum Gasteiger partial charge on any atom is -0.401 e.